The number of aromatic nitrogens is 3. The van der Waals surface area contributed by atoms with Gasteiger partial charge in [-0.2, -0.15) is 0 Å². The summed E-state index contributed by atoms with van der Waals surface area (Å²) in [4.78, 5) is 11.2. The number of hydrogen-bond acceptors (Lipinski definition) is 3. The molecule has 0 aliphatic carbocycles. The van der Waals surface area contributed by atoms with E-state index in [9.17, 15) is 8.78 Å². The van der Waals surface area contributed by atoms with Crippen molar-refractivity contribution in [3.8, 4) is 11.4 Å². The molecule has 1 aromatic carbocycles. The first-order valence-electron chi connectivity index (χ1n) is 5.21. The number of anilines is 1. The lowest BCUT2D eigenvalue weighted by molar-refractivity contribution is 0.509. The summed E-state index contributed by atoms with van der Waals surface area (Å²) in [5, 5.41) is 0. The maximum Gasteiger partial charge on any atom is 0.180 e. The highest BCUT2D eigenvalue weighted by Crippen LogP contribution is 2.21. The third-order valence-corrected chi connectivity index (χ3v) is 2.56. The van der Waals surface area contributed by atoms with Crippen molar-refractivity contribution in [3.63, 3.8) is 0 Å². The number of aromatic amines is 1. The monoisotopic (exact) mass is 246 g/mol. The summed E-state index contributed by atoms with van der Waals surface area (Å²) in [7, 11) is 0. The van der Waals surface area contributed by atoms with E-state index >= 15 is 0 Å². The Balaban J connectivity index is 2.16. The van der Waals surface area contributed by atoms with Gasteiger partial charge in [-0.1, -0.05) is 0 Å². The Labute approximate surface area is 100 Å². The minimum absolute atomic E-state index is 0.353. The zero-order valence-electron chi connectivity index (χ0n) is 9.11. The Morgan fingerprint density at radius 3 is 2.61 bits per heavy atom. The van der Waals surface area contributed by atoms with Gasteiger partial charge in [0.2, 0.25) is 0 Å². The van der Waals surface area contributed by atoms with Crippen LogP contribution in [-0.4, -0.2) is 15.0 Å². The first-order chi connectivity index (χ1) is 8.63. The molecule has 6 heteroatoms. The molecule has 4 nitrogen and oxygen atoms in total. The third kappa shape index (κ3) is 1.67. The van der Waals surface area contributed by atoms with Crippen LogP contribution in [0.3, 0.4) is 0 Å². The molecule has 90 valence electrons. The van der Waals surface area contributed by atoms with Crippen LogP contribution in [0.25, 0.3) is 22.6 Å². The molecule has 0 saturated carbocycles. The van der Waals surface area contributed by atoms with Gasteiger partial charge in [0.25, 0.3) is 0 Å². The molecule has 3 N–H and O–H groups in total. The summed E-state index contributed by atoms with van der Waals surface area (Å²) in [5.74, 6) is -1.04. The lowest BCUT2D eigenvalue weighted by Gasteiger charge is -1.97. The summed E-state index contributed by atoms with van der Waals surface area (Å²) in [6.45, 7) is 0. The molecule has 2 heterocycles. The van der Waals surface area contributed by atoms with Crippen molar-refractivity contribution >= 4 is 17.0 Å². The molecule has 0 spiro atoms. The first kappa shape index (κ1) is 10.6. The molecule has 3 rings (SSSR count). The average Bonchev–Trinajstić information content (AvgIpc) is 2.75. The number of nitrogens with one attached hydrogen (secondary N) is 1. The van der Waals surface area contributed by atoms with Crippen molar-refractivity contribution in [2.75, 3.05) is 5.73 Å². The van der Waals surface area contributed by atoms with Gasteiger partial charge in [0.15, 0.2) is 17.3 Å². The van der Waals surface area contributed by atoms with Crippen LogP contribution in [0.2, 0.25) is 0 Å². The summed E-state index contributed by atoms with van der Waals surface area (Å²) < 4.78 is 26.0. The summed E-state index contributed by atoms with van der Waals surface area (Å²) in [6, 6.07) is 6.94. The molecule has 3 aromatic rings. The Hall–Kier alpha value is -2.50. The van der Waals surface area contributed by atoms with E-state index in [-0.39, 0.29) is 0 Å². The van der Waals surface area contributed by atoms with Crippen LogP contribution in [0, 0.1) is 11.6 Å². The standard InChI is InChI=1S/C12H8F2N4/c13-7-2-1-6(5-8(7)14)11-16-9-3-4-10(15)17-12(9)18-11/h1-5H,(H3,15,16,17,18). The number of fused-ring (bicyclic) bond motifs is 1. The van der Waals surface area contributed by atoms with E-state index in [1.807, 2.05) is 0 Å². The second kappa shape index (κ2) is 3.76. The fraction of sp³-hybridized carbons (Fsp3) is 0. The maximum atomic E-state index is 13.1. The molecule has 0 bridgehead atoms. The van der Waals surface area contributed by atoms with Crippen molar-refractivity contribution in [2.45, 2.75) is 0 Å². The first-order valence-corrected chi connectivity index (χ1v) is 5.21. The van der Waals surface area contributed by atoms with Crippen LogP contribution in [0.15, 0.2) is 30.3 Å². The Morgan fingerprint density at radius 1 is 1.00 bits per heavy atom. The predicted octanol–water partition coefficient (Wildman–Crippen LogP) is 2.49. The lowest BCUT2D eigenvalue weighted by Crippen LogP contribution is -1.88. The van der Waals surface area contributed by atoms with Gasteiger partial charge < -0.3 is 10.7 Å². The van der Waals surface area contributed by atoms with E-state index < -0.39 is 11.6 Å². The van der Waals surface area contributed by atoms with Gasteiger partial charge in [0.1, 0.15) is 11.6 Å². The molecule has 0 radical (unpaired) electrons. The number of H-pyrrole nitrogens is 1. The third-order valence-electron chi connectivity index (χ3n) is 2.56. The Bertz CT molecular complexity index is 736. The van der Waals surface area contributed by atoms with Gasteiger partial charge in [-0.3, -0.25) is 0 Å². The molecule has 0 aliphatic rings. The fourth-order valence-electron chi connectivity index (χ4n) is 1.69. The minimum Gasteiger partial charge on any atom is -0.384 e. The Morgan fingerprint density at radius 2 is 1.83 bits per heavy atom. The van der Waals surface area contributed by atoms with Crippen LogP contribution in [0.4, 0.5) is 14.6 Å². The number of pyridine rings is 1. The van der Waals surface area contributed by atoms with Crippen LogP contribution >= 0.6 is 0 Å². The van der Waals surface area contributed by atoms with Crippen molar-refractivity contribution in [1.29, 1.82) is 0 Å². The van der Waals surface area contributed by atoms with Gasteiger partial charge >= 0.3 is 0 Å². The molecule has 0 amide bonds. The molecular formula is C12H8F2N4. The topological polar surface area (TPSA) is 67.6 Å². The van der Waals surface area contributed by atoms with Gasteiger partial charge in [0, 0.05) is 5.56 Å². The van der Waals surface area contributed by atoms with Crippen molar-refractivity contribution in [1.82, 2.24) is 15.0 Å². The smallest absolute Gasteiger partial charge is 0.180 e. The average molecular weight is 246 g/mol. The Kier molecular flexibility index (Phi) is 2.22. The maximum absolute atomic E-state index is 13.1. The number of imidazole rings is 1. The second-order valence-electron chi connectivity index (χ2n) is 3.82. The van der Waals surface area contributed by atoms with Gasteiger partial charge in [-0.25, -0.2) is 18.7 Å². The van der Waals surface area contributed by atoms with E-state index in [0.29, 0.717) is 28.4 Å². The molecule has 0 fully saturated rings. The van der Waals surface area contributed by atoms with Crippen LogP contribution in [0.1, 0.15) is 0 Å². The zero-order chi connectivity index (χ0) is 12.7. The zero-order valence-corrected chi connectivity index (χ0v) is 9.11. The van der Waals surface area contributed by atoms with E-state index in [1.54, 1.807) is 12.1 Å². The van der Waals surface area contributed by atoms with E-state index in [2.05, 4.69) is 15.0 Å². The molecule has 0 saturated heterocycles. The highest BCUT2D eigenvalue weighted by atomic mass is 19.2. The molecule has 2 aromatic heterocycles. The van der Waals surface area contributed by atoms with Crippen molar-refractivity contribution < 1.29 is 8.78 Å². The van der Waals surface area contributed by atoms with Crippen LogP contribution < -0.4 is 5.73 Å². The lowest BCUT2D eigenvalue weighted by atomic mass is 10.2. The normalized spacial score (nSPS) is 11.0. The van der Waals surface area contributed by atoms with Crippen LogP contribution in [-0.2, 0) is 0 Å². The van der Waals surface area contributed by atoms with Crippen LogP contribution in [0.5, 0.6) is 0 Å². The number of nitrogen functional groups attached to an aromatic ring is 1. The molecule has 0 aliphatic heterocycles. The number of nitrogens with zero attached hydrogens (tertiary/aromatic N) is 2. The number of rotatable bonds is 1. The summed E-state index contributed by atoms with van der Waals surface area (Å²) in [5.41, 5.74) is 7.11. The highest BCUT2D eigenvalue weighted by molar-refractivity contribution is 5.77. The molecular weight excluding hydrogens is 238 g/mol. The van der Waals surface area contributed by atoms with E-state index in [4.69, 9.17) is 5.73 Å². The largest absolute Gasteiger partial charge is 0.384 e. The van der Waals surface area contributed by atoms with Gasteiger partial charge in [-0.15, -0.1) is 0 Å². The van der Waals surface area contributed by atoms with E-state index in [0.717, 1.165) is 12.1 Å². The molecule has 0 atom stereocenters. The van der Waals surface area contributed by atoms with Gasteiger partial charge in [0.05, 0.1) is 5.52 Å². The molecule has 18 heavy (non-hydrogen) atoms. The van der Waals surface area contributed by atoms with Gasteiger partial charge in [-0.05, 0) is 30.3 Å². The number of nitrogens with two attached hydrogens (primary N) is 1. The SMILES string of the molecule is Nc1ccc2[nH]c(-c3ccc(F)c(F)c3)nc2n1. The molecule has 0 unspecified atom stereocenters. The van der Waals surface area contributed by atoms with E-state index in [1.165, 1.54) is 6.07 Å². The quantitative estimate of drug-likeness (QED) is 0.693. The summed E-state index contributed by atoms with van der Waals surface area (Å²) >= 11 is 0. The minimum atomic E-state index is -0.916. The number of halogens is 2. The highest BCUT2D eigenvalue weighted by Gasteiger charge is 2.09. The predicted molar refractivity (Wildman–Crippen MR) is 63.7 cm³/mol. The second-order valence-corrected chi connectivity index (χ2v) is 3.82. The summed E-state index contributed by atoms with van der Waals surface area (Å²) in [6.07, 6.45) is 0. The number of benzene rings is 1. The number of hydrogen-bond donors (Lipinski definition) is 2. The van der Waals surface area contributed by atoms with Crippen molar-refractivity contribution in [2.24, 2.45) is 0 Å². The van der Waals surface area contributed by atoms with Crippen molar-refractivity contribution in [3.05, 3.63) is 42.0 Å². The fourth-order valence-corrected chi connectivity index (χ4v) is 1.69.